The highest BCUT2D eigenvalue weighted by molar-refractivity contribution is 5.87. The minimum atomic E-state index is -4.56. The third kappa shape index (κ3) is 3.47. The predicted octanol–water partition coefficient (Wildman–Crippen LogP) is 2.64. The van der Waals surface area contributed by atoms with E-state index in [0.717, 1.165) is 6.92 Å². The van der Waals surface area contributed by atoms with Crippen molar-refractivity contribution < 1.29 is 22.7 Å². The Kier molecular flexibility index (Phi) is 3.79. The third-order valence-electron chi connectivity index (χ3n) is 2.17. The summed E-state index contributed by atoms with van der Waals surface area (Å²) in [5.74, 6) is -0.984. The molecule has 0 aliphatic heterocycles. The van der Waals surface area contributed by atoms with Gasteiger partial charge in [0.2, 0.25) is 0 Å². The SMILES string of the molecule is CC(C)c1cc(C(=O)O[C@H](C)C(F)(F)F)n[nH]1. The van der Waals surface area contributed by atoms with E-state index in [1.165, 1.54) is 6.07 Å². The number of H-pyrrole nitrogens is 1. The van der Waals surface area contributed by atoms with Gasteiger partial charge < -0.3 is 4.74 Å². The highest BCUT2D eigenvalue weighted by atomic mass is 19.4. The number of alkyl halides is 3. The maximum atomic E-state index is 12.2. The number of rotatable bonds is 3. The first kappa shape index (κ1) is 13.5. The van der Waals surface area contributed by atoms with Crippen LogP contribution in [0.2, 0.25) is 0 Å². The highest BCUT2D eigenvalue weighted by Crippen LogP contribution is 2.23. The number of hydrogen-bond acceptors (Lipinski definition) is 3. The normalized spacial score (nSPS) is 13.8. The van der Waals surface area contributed by atoms with E-state index in [4.69, 9.17) is 0 Å². The number of hydrogen-bond donors (Lipinski definition) is 1. The standard InChI is InChI=1S/C10H13F3N2O2/c1-5(2)7-4-8(15-14-7)9(16)17-6(3)10(11,12)13/h4-6H,1-3H3,(H,14,15)/t6-/m1/s1. The molecule has 1 rings (SSSR count). The van der Waals surface area contributed by atoms with Crippen molar-refractivity contribution in [3.63, 3.8) is 0 Å². The van der Waals surface area contributed by atoms with Crippen molar-refractivity contribution in [3.8, 4) is 0 Å². The Balaban J connectivity index is 2.70. The molecule has 0 saturated carbocycles. The summed E-state index contributed by atoms with van der Waals surface area (Å²) >= 11 is 0. The van der Waals surface area contributed by atoms with Crippen molar-refractivity contribution in [2.45, 2.75) is 39.0 Å². The van der Waals surface area contributed by atoms with Gasteiger partial charge in [0.1, 0.15) is 0 Å². The van der Waals surface area contributed by atoms with Crippen LogP contribution in [0.15, 0.2) is 6.07 Å². The predicted molar refractivity (Wildman–Crippen MR) is 53.6 cm³/mol. The van der Waals surface area contributed by atoms with Crippen LogP contribution in [0.25, 0.3) is 0 Å². The summed E-state index contributed by atoms with van der Waals surface area (Å²) in [6.45, 7) is 4.50. The number of nitrogens with zero attached hydrogens (tertiary/aromatic N) is 1. The Labute approximate surface area is 96.2 Å². The fourth-order valence-corrected chi connectivity index (χ4v) is 1.02. The molecular formula is C10H13F3N2O2. The second-order valence-corrected chi connectivity index (χ2v) is 3.95. The van der Waals surface area contributed by atoms with Gasteiger partial charge in [-0.1, -0.05) is 13.8 Å². The van der Waals surface area contributed by atoms with Crippen molar-refractivity contribution in [2.75, 3.05) is 0 Å². The van der Waals surface area contributed by atoms with Crippen LogP contribution in [0.1, 0.15) is 42.9 Å². The molecule has 0 radical (unpaired) electrons. The van der Waals surface area contributed by atoms with Gasteiger partial charge in [-0.25, -0.2) is 4.79 Å². The fraction of sp³-hybridized carbons (Fsp3) is 0.600. The number of nitrogens with one attached hydrogen (secondary N) is 1. The van der Waals surface area contributed by atoms with Gasteiger partial charge in [-0.15, -0.1) is 0 Å². The van der Waals surface area contributed by atoms with E-state index in [9.17, 15) is 18.0 Å². The molecule has 1 N–H and O–H groups in total. The zero-order valence-corrected chi connectivity index (χ0v) is 9.63. The molecule has 0 aliphatic carbocycles. The Bertz CT molecular complexity index is 399. The lowest BCUT2D eigenvalue weighted by atomic mass is 10.1. The van der Waals surface area contributed by atoms with Crippen LogP contribution in [0.5, 0.6) is 0 Å². The molecule has 1 aromatic heterocycles. The topological polar surface area (TPSA) is 55.0 Å². The maximum Gasteiger partial charge on any atom is 0.425 e. The number of carbonyl (C=O) groups excluding carboxylic acids is 1. The summed E-state index contributed by atoms with van der Waals surface area (Å²) in [7, 11) is 0. The third-order valence-corrected chi connectivity index (χ3v) is 2.17. The number of halogens is 3. The molecule has 4 nitrogen and oxygen atoms in total. The van der Waals surface area contributed by atoms with Crippen molar-refractivity contribution in [3.05, 3.63) is 17.5 Å². The molecule has 0 saturated heterocycles. The van der Waals surface area contributed by atoms with Crippen molar-refractivity contribution in [1.82, 2.24) is 10.2 Å². The Hall–Kier alpha value is -1.53. The van der Waals surface area contributed by atoms with Crippen LogP contribution < -0.4 is 0 Å². The first-order valence-electron chi connectivity index (χ1n) is 5.04. The highest BCUT2D eigenvalue weighted by Gasteiger charge is 2.39. The second kappa shape index (κ2) is 4.77. The second-order valence-electron chi connectivity index (χ2n) is 3.95. The summed E-state index contributed by atoms with van der Waals surface area (Å²) < 4.78 is 40.7. The maximum absolute atomic E-state index is 12.2. The lowest BCUT2D eigenvalue weighted by Crippen LogP contribution is -2.31. The summed E-state index contributed by atoms with van der Waals surface area (Å²) in [5.41, 5.74) is 0.515. The minimum absolute atomic E-state index is 0.101. The van der Waals surface area contributed by atoms with Gasteiger partial charge in [0, 0.05) is 5.69 Å². The van der Waals surface area contributed by atoms with Crippen LogP contribution in [0.3, 0.4) is 0 Å². The summed E-state index contributed by atoms with van der Waals surface area (Å²) in [6.07, 6.45) is -6.71. The van der Waals surface area contributed by atoms with E-state index in [1.807, 2.05) is 13.8 Å². The van der Waals surface area contributed by atoms with Gasteiger partial charge in [0.25, 0.3) is 0 Å². The number of ether oxygens (including phenoxy) is 1. The van der Waals surface area contributed by atoms with Gasteiger partial charge in [-0.2, -0.15) is 18.3 Å². The number of aromatic amines is 1. The van der Waals surface area contributed by atoms with E-state index in [1.54, 1.807) is 0 Å². The molecule has 1 atom stereocenters. The van der Waals surface area contributed by atoms with Gasteiger partial charge in [0.05, 0.1) is 0 Å². The quantitative estimate of drug-likeness (QED) is 0.839. The molecule has 1 aromatic rings. The number of aromatic nitrogens is 2. The smallest absolute Gasteiger partial charge is 0.425 e. The molecule has 0 aromatic carbocycles. The lowest BCUT2D eigenvalue weighted by molar-refractivity contribution is -0.198. The fourth-order valence-electron chi connectivity index (χ4n) is 1.02. The van der Waals surface area contributed by atoms with Crippen LogP contribution in [-0.2, 0) is 4.74 Å². The molecule has 96 valence electrons. The molecule has 7 heteroatoms. The van der Waals surface area contributed by atoms with Crippen LogP contribution in [0.4, 0.5) is 13.2 Å². The van der Waals surface area contributed by atoms with Gasteiger partial charge >= 0.3 is 12.1 Å². The largest absolute Gasteiger partial charge is 0.448 e. The summed E-state index contributed by atoms with van der Waals surface area (Å²) in [5, 5.41) is 6.17. The molecule has 0 bridgehead atoms. The number of carbonyl (C=O) groups is 1. The van der Waals surface area contributed by atoms with E-state index in [0.29, 0.717) is 5.69 Å². The lowest BCUT2D eigenvalue weighted by Gasteiger charge is -2.15. The van der Waals surface area contributed by atoms with E-state index >= 15 is 0 Å². The van der Waals surface area contributed by atoms with E-state index < -0.39 is 18.2 Å². The number of esters is 1. The summed E-state index contributed by atoms with van der Waals surface area (Å²) in [4.78, 5) is 11.3. The molecular weight excluding hydrogens is 237 g/mol. The Morgan fingerprint density at radius 3 is 2.41 bits per heavy atom. The molecule has 1 heterocycles. The van der Waals surface area contributed by atoms with Crippen LogP contribution in [0, 0.1) is 0 Å². The van der Waals surface area contributed by atoms with E-state index in [2.05, 4.69) is 14.9 Å². The molecule has 0 spiro atoms. The molecule has 0 fully saturated rings. The first-order chi connectivity index (χ1) is 7.71. The van der Waals surface area contributed by atoms with Crippen molar-refractivity contribution in [1.29, 1.82) is 0 Å². The van der Waals surface area contributed by atoms with Gasteiger partial charge in [-0.05, 0) is 18.9 Å². The first-order valence-corrected chi connectivity index (χ1v) is 5.04. The van der Waals surface area contributed by atoms with Crippen LogP contribution in [-0.4, -0.2) is 28.4 Å². The van der Waals surface area contributed by atoms with Gasteiger partial charge in [0.15, 0.2) is 11.8 Å². The average molecular weight is 250 g/mol. The van der Waals surface area contributed by atoms with Crippen LogP contribution >= 0.6 is 0 Å². The average Bonchev–Trinajstić information content (AvgIpc) is 2.64. The Morgan fingerprint density at radius 1 is 1.41 bits per heavy atom. The van der Waals surface area contributed by atoms with Crippen molar-refractivity contribution in [2.24, 2.45) is 0 Å². The zero-order valence-electron chi connectivity index (χ0n) is 9.63. The van der Waals surface area contributed by atoms with E-state index in [-0.39, 0.29) is 11.6 Å². The zero-order chi connectivity index (χ0) is 13.2. The van der Waals surface area contributed by atoms with Crippen molar-refractivity contribution >= 4 is 5.97 Å². The Morgan fingerprint density at radius 2 is 2.00 bits per heavy atom. The molecule has 0 unspecified atom stereocenters. The molecule has 17 heavy (non-hydrogen) atoms. The minimum Gasteiger partial charge on any atom is -0.448 e. The molecule has 0 amide bonds. The van der Waals surface area contributed by atoms with Gasteiger partial charge in [-0.3, -0.25) is 5.10 Å². The molecule has 0 aliphatic rings. The summed E-state index contributed by atoms with van der Waals surface area (Å²) in [6, 6.07) is 1.39. The monoisotopic (exact) mass is 250 g/mol.